The van der Waals surface area contributed by atoms with Gasteiger partial charge in [0, 0.05) is 0 Å². The summed E-state index contributed by atoms with van der Waals surface area (Å²) >= 11 is 0. The van der Waals surface area contributed by atoms with E-state index in [0.717, 1.165) is 0 Å². The Hall–Kier alpha value is -2.71. The summed E-state index contributed by atoms with van der Waals surface area (Å²) in [5, 5.41) is 0. The lowest BCUT2D eigenvalue weighted by molar-refractivity contribution is -0.139. The number of fused-ring (bicyclic) bond motifs is 1. The minimum Gasteiger partial charge on any atom is -0.469 e. The molecule has 0 bridgehead atoms. The van der Waals surface area contributed by atoms with Crippen LogP contribution < -0.4 is 16.9 Å². The lowest BCUT2D eigenvalue weighted by Crippen LogP contribution is -2.23. The number of nitrogens with zero attached hydrogens (tertiary/aromatic N) is 2. The number of rotatable bonds is 2. The van der Waals surface area contributed by atoms with Gasteiger partial charge in [0.05, 0.1) is 13.5 Å². The van der Waals surface area contributed by atoms with Gasteiger partial charge in [-0.2, -0.15) is 4.98 Å². The molecule has 2 heterocycles. The van der Waals surface area contributed by atoms with Gasteiger partial charge in [0.25, 0.3) is 11.1 Å². The summed E-state index contributed by atoms with van der Waals surface area (Å²) in [5.41, 5.74) is 3.86. The Bertz CT molecular complexity index is 732. The molecule has 0 amide bonds. The molecule has 0 fully saturated rings. The second-order valence-corrected chi connectivity index (χ2v) is 3.41. The van der Waals surface area contributed by atoms with Gasteiger partial charge >= 0.3 is 5.97 Å². The van der Waals surface area contributed by atoms with Gasteiger partial charge < -0.3 is 15.5 Å². The van der Waals surface area contributed by atoms with Crippen LogP contribution in [0.5, 0.6) is 0 Å². The SMILES string of the molecule is COC(=O)Cc1nc2c(=O)[nH]c(N)nc2[nH]c1=O. The van der Waals surface area contributed by atoms with E-state index < -0.39 is 17.1 Å². The molecule has 0 aliphatic carbocycles. The van der Waals surface area contributed by atoms with Crippen LogP contribution in [-0.2, 0) is 16.0 Å². The Morgan fingerprint density at radius 2 is 2.00 bits per heavy atom. The maximum atomic E-state index is 11.6. The van der Waals surface area contributed by atoms with E-state index in [-0.39, 0.29) is 29.2 Å². The first-order valence-electron chi connectivity index (χ1n) is 4.86. The number of aromatic amines is 2. The molecule has 0 saturated heterocycles. The van der Waals surface area contributed by atoms with Crippen molar-refractivity contribution in [3.8, 4) is 0 Å². The minimum atomic E-state index is -0.632. The molecule has 9 nitrogen and oxygen atoms in total. The first-order chi connectivity index (χ1) is 8.51. The van der Waals surface area contributed by atoms with E-state index in [1.807, 2.05) is 0 Å². The van der Waals surface area contributed by atoms with E-state index >= 15 is 0 Å². The summed E-state index contributed by atoms with van der Waals surface area (Å²) in [7, 11) is 1.19. The third kappa shape index (κ3) is 2.05. The van der Waals surface area contributed by atoms with E-state index in [1.165, 1.54) is 7.11 Å². The fourth-order valence-corrected chi connectivity index (χ4v) is 1.37. The second-order valence-electron chi connectivity index (χ2n) is 3.41. The molecular weight excluding hydrogens is 242 g/mol. The topological polar surface area (TPSA) is 144 Å². The average Bonchev–Trinajstić information content (AvgIpc) is 2.30. The first kappa shape index (κ1) is 11.8. The molecule has 0 unspecified atom stereocenters. The van der Waals surface area contributed by atoms with Crippen molar-refractivity contribution < 1.29 is 9.53 Å². The zero-order valence-corrected chi connectivity index (χ0v) is 9.31. The van der Waals surface area contributed by atoms with E-state index in [0.29, 0.717) is 0 Å². The normalized spacial score (nSPS) is 10.5. The number of nitrogens with one attached hydrogen (secondary N) is 2. The van der Waals surface area contributed by atoms with Gasteiger partial charge in [0.15, 0.2) is 11.2 Å². The van der Waals surface area contributed by atoms with Crippen molar-refractivity contribution in [3.63, 3.8) is 0 Å². The Labute approximate surface area is 99.0 Å². The molecule has 0 aromatic carbocycles. The summed E-state index contributed by atoms with van der Waals surface area (Å²) < 4.78 is 4.42. The molecule has 2 rings (SSSR count). The van der Waals surface area contributed by atoms with Crippen LogP contribution in [0.25, 0.3) is 11.2 Å². The van der Waals surface area contributed by atoms with Crippen LogP contribution in [0.15, 0.2) is 9.59 Å². The van der Waals surface area contributed by atoms with Crippen molar-refractivity contribution >= 4 is 23.1 Å². The highest BCUT2D eigenvalue weighted by atomic mass is 16.5. The Kier molecular flexibility index (Phi) is 2.80. The smallest absolute Gasteiger partial charge is 0.311 e. The van der Waals surface area contributed by atoms with Gasteiger partial charge in [-0.3, -0.25) is 19.4 Å². The minimum absolute atomic E-state index is 0.0325. The number of H-pyrrole nitrogens is 2. The van der Waals surface area contributed by atoms with Gasteiger partial charge in [0.2, 0.25) is 5.95 Å². The Balaban J connectivity index is 2.65. The number of carbonyl (C=O) groups excluding carboxylic acids is 1. The summed E-state index contributed by atoms with van der Waals surface area (Å²) in [6.07, 6.45) is -0.328. The number of methoxy groups -OCH3 is 1. The highest BCUT2D eigenvalue weighted by Gasteiger charge is 2.13. The predicted octanol–water partition coefficient (Wildman–Crippen LogP) is -1.70. The summed E-state index contributed by atoms with van der Waals surface area (Å²) in [4.78, 5) is 46.3. The molecule has 94 valence electrons. The molecule has 0 spiro atoms. The van der Waals surface area contributed by atoms with Crippen LogP contribution in [-0.4, -0.2) is 33.0 Å². The summed E-state index contributed by atoms with van der Waals surface area (Å²) in [5.74, 6) is -0.766. The second kappa shape index (κ2) is 4.28. The number of hydrogen-bond acceptors (Lipinski definition) is 7. The fraction of sp³-hybridized carbons (Fsp3) is 0.222. The average molecular weight is 251 g/mol. The molecule has 18 heavy (non-hydrogen) atoms. The van der Waals surface area contributed by atoms with E-state index in [1.54, 1.807) is 0 Å². The van der Waals surface area contributed by atoms with E-state index in [9.17, 15) is 14.4 Å². The van der Waals surface area contributed by atoms with Gasteiger partial charge in [-0.25, -0.2) is 4.98 Å². The van der Waals surface area contributed by atoms with Gasteiger partial charge in [0.1, 0.15) is 5.69 Å². The molecule has 0 atom stereocenters. The maximum Gasteiger partial charge on any atom is 0.311 e. The Morgan fingerprint density at radius 1 is 1.28 bits per heavy atom. The monoisotopic (exact) mass is 251 g/mol. The van der Waals surface area contributed by atoms with Crippen LogP contribution in [0.3, 0.4) is 0 Å². The molecule has 0 radical (unpaired) electrons. The van der Waals surface area contributed by atoms with Crippen molar-refractivity contribution in [2.75, 3.05) is 12.8 Å². The summed E-state index contributed by atoms with van der Waals surface area (Å²) in [6, 6.07) is 0. The molecule has 4 N–H and O–H groups in total. The van der Waals surface area contributed by atoms with E-state index in [2.05, 4.69) is 24.7 Å². The number of hydrogen-bond donors (Lipinski definition) is 3. The molecule has 0 aliphatic heterocycles. The van der Waals surface area contributed by atoms with Gasteiger partial charge in [-0.15, -0.1) is 0 Å². The molecule has 0 aliphatic rings. The highest BCUT2D eigenvalue weighted by molar-refractivity contribution is 5.73. The van der Waals surface area contributed by atoms with Crippen molar-refractivity contribution in [1.82, 2.24) is 19.9 Å². The third-order valence-corrected chi connectivity index (χ3v) is 2.19. The van der Waals surface area contributed by atoms with Gasteiger partial charge in [-0.05, 0) is 0 Å². The third-order valence-electron chi connectivity index (χ3n) is 2.19. The molecule has 0 saturated carbocycles. The van der Waals surface area contributed by atoms with Crippen molar-refractivity contribution in [2.24, 2.45) is 0 Å². The molecule has 2 aromatic rings. The lowest BCUT2D eigenvalue weighted by Gasteiger charge is -2.01. The first-order valence-corrected chi connectivity index (χ1v) is 4.86. The molecule has 9 heteroatoms. The number of aromatic nitrogens is 4. The van der Waals surface area contributed by atoms with E-state index in [4.69, 9.17) is 5.73 Å². The fourth-order valence-electron chi connectivity index (χ4n) is 1.37. The van der Waals surface area contributed by atoms with Crippen molar-refractivity contribution in [3.05, 3.63) is 26.4 Å². The maximum absolute atomic E-state index is 11.6. The van der Waals surface area contributed by atoms with Crippen LogP contribution in [0.2, 0.25) is 0 Å². The zero-order chi connectivity index (χ0) is 13.3. The highest BCUT2D eigenvalue weighted by Crippen LogP contribution is 2.00. The number of nitrogens with two attached hydrogens (primary N) is 1. The van der Waals surface area contributed by atoms with Crippen LogP contribution in [0, 0.1) is 0 Å². The quantitative estimate of drug-likeness (QED) is 0.539. The standard InChI is InChI=1S/C9H9N5O4/c1-18-4(15)2-3-7(16)12-6-5(11-3)8(17)14-9(10)13-6/h2H2,1H3,(H4,10,12,13,14,16,17). The number of ether oxygens (including phenoxy) is 1. The largest absolute Gasteiger partial charge is 0.469 e. The predicted molar refractivity (Wildman–Crippen MR) is 60.9 cm³/mol. The number of esters is 1. The molecule has 2 aromatic heterocycles. The molecular formula is C9H9N5O4. The number of anilines is 1. The van der Waals surface area contributed by atoms with Crippen molar-refractivity contribution in [1.29, 1.82) is 0 Å². The zero-order valence-electron chi connectivity index (χ0n) is 9.31. The van der Waals surface area contributed by atoms with Crippen LogP contribution in [0.1, 0.15) is 5.69 Å². The lowest BCUT2D eigenvalue weighted by atomic mass is 10.3. The Morgan fingerprint density at radius 3 is 2.67 bits per heavy atom. The van der Waals surface area contributed by atoms with Crippen molar-refractivity contribution in [2.45, 2.75) is 6.42 Å². The van der Waals surface area contributed by atoms with Crippen LogP contribution in [0.4, 0.5) is 5.95 Å². The summed E-state index contributed by atoms with van der Waals surface area (Å²) in [6.45, 7) is 0. The van der Waals surface area contributed by atoms with Gasteiger partial charge in [-0.1, -0.05) is 0 Å². The number of nitrogen functional groups attached to an aromatic ring is 1. The number of carbonyl (C=O) groups is 1. The van der Waals surface area contributed by atoms with Crippen LogP contribution >= 0.6 is 0 Å².